The van der Waals surface area contributed by atoms with Crippen molar-refractivity contribution in [3.8, 4) is 44.5 Å². The summed E-state index contributed by atoms with van der Waals surface area (Å²) >= 11 is 1.88. The minimum absolute atomic E-state index is 0.372. The lowest BCUT2D eigenvalue weighted by Gasteiger charge is -2.31. The highest BCUT2D eigenvalue weighted by atomic mass is 32.1. The maximum atomic E-state index is 2.44. The molecule has 0 saturated carbocycles. The van der Waals surface area contributed by atoms with E-state index in [2.05, 4.69) is 217 Å². The van der Waals surface area contributed by atoms with Gasteiger partial charge in [-0.1, -0.05) is 170 Å². The van der Waals surface area contributed by atoms with Crippen LogP contribution >= 0.6 is 11.3 Å². The largest absolute Gasteiger partial charge is 0.310 e. The zero-order valence-electron chi connectivity index (χ0n) is 31.1. The van der Waals surface area contributed by atoms with Crippen LogP contribution in [-0.4, -0.2) is 0 Å². The highest BCUT2D eigenvalue weighted by Crippen LogP contribution is 2.63. The van der Waals surface area contributed by atoms with E-state index in [1.807, 2.05) is 11.3 Å². The van der Waals surface area contributed by atoms with Crippen molar-refractivity contribution in [2.24, 2.45) is 0 Å². The fourth-order valence-corrected chi connectivity index (χ4v) is 11.1. The van der Waals surface area contributed by atoms with E-state index in [0.29, 0.717) is 0 Å². The van der Waals surface area contributed by atoms with Gasteiger partial charge in [-0.15, -0.1) is 11.3 Å². The van der Waals surface area contributed by atoms with Crippen molar-refractivity contribution >= 4 is 48.6 Å². The highest BCUT2D eigenvalue weighted by Gasteiger charge is 2.51. The Labute approximate surface area is 336 Å². The third-order valence-corrected chi connectivity index (χ3v) is 13.5. The standard InChI is InChI=1S/C55H35NS/c1-2-14-36(15-3-1)37-28-30-39(31-29-37)56(40-17-12-16-38(34-40)42-22-13-23-47-46-21-7-11-27-53(46)57-54(42)47)41-32-33-52-48(35-41)45-20-6-10-26-51(45)55(52)49-24-8-4-18-43(49)44-19-5-9-25-50(44)55/h1-35H. The maximum absolute atomic E-state index is 2.44. The van der Waals surface area contributed by atoms with Gasteiger partial charge in [-0.3, -0.25) is 0 Å². The van der Waals surface area contributed by atoms with Crippen molar-refractivity contribution in [3.63, 3.8) is 0 Å². The van der Waals surface area contributed by atoms with Crippen molar-refractivity contribution in [2.45, 2.75) is 5.41 Å². The average molecular weight is 742 g/mol. The lowest BCUT2D eigenvalue weighted by Crippen LogP contribution is -2.25. The van der Waals surface area contributed by atoms with Gasteiger partial charge in [-0.25, -0.2) is 0 Å². The fraction of sp³-hybridized carbons (Fsp3) is 0.0182. The second-order valence-electron chi connectivity index (χ2n) is 15.2. The quantitative estimate of drug-likeness (QED) is 0.170. The summed E-state index contributed by atoms with van der Waals surface area (Å²) in [5.41, 5.74) is 18.5. The molecule has 2 aliphatic rings. The Morgan fingerprint density at radius 3 is 1.56 bits per heavy atom. The molecular formula is C55H35NS. The van der Waals surface area contributed by atoms with Crippen molar-refractivity contribution in [1.82, 2.24) is 0 Å². The minimum atomic E-state index is -0.372. The maximum Gasteiger partial charge on any atom is 0.0725 e. The van der Waals surface area contributed by atoms with Gasteiger partial charge in [0.1, 0.15) is 0 Å². The zero-order valence-corrected chi connectivity index (χ0v) is 31.9. The molecule has 2 aliphatic carbocycles. The number of rotatable bonds is 5. The average Bonchev–Trinajstić information content (AvgIpc) is 3.91. The molecule has 2 heteroatoms. The molecule has 57 heavy (non-hydrogen) atoms. The van der Waals surface area contributed by atoms with Gasteiger partial charge >= 0.3 is 0 Å². The van der Waals surface area contributed by atoms with Crippen molar-refractivity contribution < 1.29 is 0 Å². The molecule has 0 fully saturated rings. The van der Waals surface area contributed by atoms with E-state index in [4.69, 9.17) is 0 Å². The van der Waals surface area contributed by atoms with Gasteiger partial charge < -0.3 is 4.90 Å². The van der Waals surface area contributed by atoms with E-state index >= 15 is 0 Å². The van der Waals surface area contributed by atoms with E-state index < -0.39 is 0 Å². The summed E-state index contributed by atoms with van der Waals surface area (Å²) < 4.78 is 2.64. The Hall–Kier alpha value is -7.00. The topological polar surface area (TPSA) is 3.24 Å². The van der Waals surface area contributed by atoms with Gasteiger partial charge in [0.05, 0.1) is 5.41 Å². The van der Waals surface area contributed by atoms with E-state index in [-0.39, 0.29) is 5.41 Å². The summed E-state index contributed by atoms with van der Waals surface area (Å²) in [7, 11) is 0. The summed E-state index contributed by atoms with van der Waals surface area (Å²) in [5, 5.41) is 2.63. The number of fused-ring (bicyclic) bond motifs is 13. The van der Waals surface area contributed by atoms with Gasteiger partial charge in [0.2, 0.25) is 0 Å². The molecule has 0 bridgehead atoms. The molecule has 0 N–H and O–H groups in total. The number of hydrogen-bond donors (Lipinski definition) is 0. The molecule has 0 atom stereocenters. The van der Waals surface area contributed by atoms with Crippen molar-refractivity contribution in [3.05, 3.63) is 235 Å². The Bertz CT molecular complexity index is 3140. The zero-order chi connectivity index (χ0) is 37.5. The number of benzene rings is 9. The molecule has 1 spiro atoms. The van der Waals surface area contributed by atoms with E-state index in [1.54, 1.807) is 0 Å². The number of anilines is 3. The summed E-state index contributed by atoms with van der Waals surface area (Å²) in [4.78, 5) is 2.44. The molecule has 0 radical (unpaired) electrons. The van der Waals surface area contributed by atoms with Gasteiger partial charge in [-0.05, 0) is 109 Å². The first-order valence-corrected chi connectivity index (χ1v) is 20.5. The second-order valence-corrected chi connectivity index (χ2v) is 16.2. The molecule has 12 rings (SSSR count). The van der Waals surface area contributed by atoms with Crippen LogP contribution in [-0.2, 0) is 5.41 Å². The predicted octanol–water partition coefficient (Wildman–Crippen LogP) is 15.2. The molecule has 10 aromatic rings. The first-order chi connectivity index (χ1) is 28.3. The van der Waals surface area contributed by atoms with Crippen molar-refractivity contribution in [1.29, 1.82) is 0 Å². The van der Waals surface area contributed by atoms with Crippen LogP contribution in [0.4, 0.5) is 17.1 Å². The SMILES string of the molecule is c1ccc(-c2ccc(N(c3cccc(-c4cccc5c4sc4ccccc45)c3)c3ccc4c(c3)-c3ccccc3C43c4ccccc4-c4ccccc43)cc2)cc1. The third kappa shape index (κ3) is 4.68. The second kappa shape index (κ2) is 12.5. The van der Waals surface area contributed by atoms with Gasteiger partial charge in [-0.2, -0.15) is 0 Å². The summed E-state index contributed by atoms with van der Waals surface area (Å²) in [6.07, 6.45) is 0. The number of hydrogen-bond acceptors (Lipinski definition) is 2. The van der Waals surface area contributed by atoms with E-state index in [1.165, 1.54) is 86.9 Å². The molecule has 0 saturated heterocycles. The molecule has 1 heterocycles. The highest BCUT2D eigenvalue weighted by molar-refractivity contribution is 7.26. The molecular weight excluding hydrogens is 707 g/mol. The van der Waals surface area contributed by atoms with Gasteiger partial charge in [0.25, 0.3) is 0 Å². The van der Waals surface area contributed by atoms with Crippen LogP contribution in [0.25, 0.3) is 64.7 Å². The minimum Gasteiger partial charge on any atom is -0.310 e. The number of nitrogens with zero attached hydrogens (tertiary/aromatic N) is 1. The van der Waals surface area contributed by atoms with Gasteiger partial charge in [0, 0.05) is 37.2 Å². The molecule has 9 aromatic carbocycles. The van der Waals surface area contributed by atoms with Crippen LogP contribution in [0, 0.1) is 0 Å². The Kier molecular flexibility index (Phi) is 7.08. The lowest BCUT2D eigenvalue weighted by atomic mass is 9.70. The molecule has 0 amide bonds. The summed E-state index contributed by atoms with van der Waals surface area (Å²) in [5.74, 6) is 0. The predicted molar refractivity (Wildman–Crippen MR) is 241 cm³/mol. The Morgan fingerprint density at radius 2 is 0.825 bits per heavy atom. The molecule has 1 aromatic heterocycles. The summed E-state index contributed by atoms with van der Waals surface area (Å²) in [6.45, 7) is 0. The van der Waals surface area contributed by atoms with Crippen LogP contribution in [0.15, 0.2) is 212 Å². The molecule has 0 unspecified atom stereocenters. The molecule has 266 valence electrons. The smallest absolute Gasteiger partial charge is 0.0725 e. The first-order valence-electron chi connectivity index (χ1n) is 19.7. The fourth-order valence-electron chi connectivity index (χ4n) is 9.89. The first kappa shape index (κ1) is 32.3. The van der Waals surface area contributed by atoms with E-state index in [9.17, 15) is 0 Å². The Balaban J connectivity index is 1.06. The van der Waals surface area contributed by atoms with Crippen molar-refractivity contribution in [2.75, 3.05) is 4.90 Å². The molecule has 1 nitrogen and oxygen atoms in total. The third-order valence-electron chi connectivity index (χ3n) is 12.3. The van der Waals surface area contributed by atoms with Crippen LogP contribution < -0.4 is 4.90 Å². The van der Waals surface area contributed by atoms with Crippen LogP contribution in [0.5, 0.6) is 0 Å². The normalized spacial score (nSPS) is 13.1. The Morgan fingerprint density at radius 1 is 0.316 bits per heavy atom. The van der Waals surface area contributed by atoms with Crippen LogP contribution in [0.2, 0.25) is 0 Å². The number of thiophene rings is 1. The van der Waals surface area contributed by atoms with Crippen LogP contribution in [0.3, 0.4) is 0 Å². The monoisotopic (exact) mass is 741 g/mol. The lowest BCUT2D eigenvalue weighted by molar-refractivity contribution is 0.794. The van der Waals surface area contributed by atoms with Crippen LogP contribution in [0.1, 0.15) is 22.3 Å². The summed E-state index contributed by atoms with van der Waals surface area (Å²) in [6, 6.07) is 78.6. The van der Waals surface area contributed by atoms with Gasteiger partial charge in [0.15, 0.2) is 0 Å². The molecule has 0 aliphatic heterocycles. The van der Waals surface area contributed by atoms with E-state index in [0.717, 1.165) is 17.1 Å².